The zero-order valence-electron chi connectivity index (χ0n) is 35.1. The smallest absolute Gasteiger partial charge is 0.164 e. The average Bonchev–Trinajstić information content (AvgIpc) is 3.17. The van der Waals surface area contributed by atoms with Crippen molar-refractivity contribution in [3.8, 4) is 17.2 Å². The Labute approximate surface area is 328 Å². The van der Waals surface area contributed by atoms with Gasteiger partial charge in [0.25, 0.3) is 0 Å². The molecule has 4 heteroatoms. The van der Waals surface area contributed by atoms with E-state index in [-0.39, 0.29) is 5.75 Å². The van der Waals surface area contributed by atoms with Gasteiger partial charge in [-0.05, 0) is 49.4 Å². The highest BCUT2D eigenvalue weighted by molar-refractivity contribution is 5.86. The van der Waals surface area contributed by atoms with Crippen LogP contribution in [0.15, 0.2) is 41.4 Å². The van der Waals surface area contributed by atoms with Gasteiger partial charge >= 0.3 is 0 Å². The van der Waals surface area contributed by atoms with Gasteiger partial charge in [-0.15, -0.1) is 0 Å². The summed E-state index contributed by atoms with van der Waals surface area (Å²) < 4.78 is 12.5. The van der Waals surface area contributed by atoms with Crippen LogP contribution < -0.4 is 9.47 Å². The van der Waals surface area contributed by atoms with Crippen LogP contribution in [-0.2, 0) is 6.42 Å². The second-order valence-corrected chi connectivity index (χ2v) is 15.8. The second kappa shape index (κ2) is 34.0. The first-order chi connectivity index (χ1) is 26.2. The summed E-state index contributed by atoms with van der Waals surface area (Å²) in [6.45, 7) is 8.14. The zero-order valence-corrected chi connectivity index (χ0v) is 35.1. The van der Waals surface area contributed by atoms with E-state index in [9.17, 15) is 5.11 Å². The van der Waals surface area contributed by atoms with E-state index in [4.69, 9.17) is 14.5 Å². The molecule has 0 bridgehead atoms. The summed E-state index contributed by atoms with van der Waals surface area (Å²) in [7, 11) is 0. The SMILES string of the molecule is CCCCCCCCCCCCOc1cc(O)c(C=Nc2ccc(CCCCCCCCCCCC)cc2)cc1OCCCCCCCCCCCC. The number of phenols is 1. The van der Waals surface area contributed by atoms with E-state index in [1.807, 2.05) is 6.07 Å². The quantitative estimate of drug-likeness (QED) is 0.0556. The molecule has 53 heavy (non-hydrogen) atoms. The van der Waals surface area contributed by atoms with E-state index >= 15 is 0 Å². The predicted molar refractivity (Wildman–Crippen MR) is 232 cm³/mol. The number of benzene rings is 2. The highest BCUT2D eigenvalue weighted by Gasteiger charge is 2.12. The van der Waals surface area contributed by atoms with E-state index in [1.54, 1.807) is 12.3 Å². The second-order valence-electron chi connectivity index (χ2n) is 15.8. The van der Waals surface area contributed by atoms with Gasteiger partial charge in [0.1, 0.15) is 5.75 Å². The van der Waals surface area contributed by atoms with Gasteiger partial charge in [0, 0.05) is 17.8 Å². The van der Waals surface area contributed by atoms with Gasteiger partial charge in [-0.2, -0.15) is 0 Å². The maximum Gasteiger partial charge on any atom is 0.164 e. The molecule has 2 rings (SSSR count). The molecule has 0 unspecified atom stereocenters. The number of ether oxygens (including phenoxy) is 2. The predicted octanol–water partition coefficient (Wildman–Crippen LogP) is 16.2. The zero-order chi connectivity index (χ0) is 37.9. The van der Waals surface area contributed by atoms with Gasteiger partial charge < -0.3 is 14.6 Å². The van der Waals surface area contributed by atoms with Crippen molar-refractivity contribution in [3.05, 3.63) is 47.5 Å². The van der Waals surface area contributed by atoms with E-state index in [2.05, 4.69) is 45.0 Å². The fourth-order valence-electron chi connectivity index (χ4n) is 7.15. The Balaban J connectivity index is 1.83. The molecule has 0 saturated carbocycles. The van der Waals surface area contributed by atoms with Crippen molar-refractivity contribution in [2.45, 2.75) is 220 Å². The molecule has 0 fully saturated rings. The van der Waals surface area contributed by atoms with Gasteiger partial charge in [-0.3, -0.25) is 4.99 Å². The molecule has 0 atom stereocenters. The summed E-state index contributed by atoms with van der Waals surface area (Å²) in [5.74, 6) is 1.52. The summed E-state index contributed by atoms with van der Waals surface area (Å²) in [4.78, 5) is 4.72. The Hall–Kier alpha value is -2.49. The molecular weight excluding hydrogens is 651 g/mol. The number of phenolic OH excluding ortho intramolecular Hbond substituents is 1. The number of rotatable bonds is 37. The first-order valence-electron chi connectivity index (χ1n) is 22.9. The van der Waals surface area contributed by atoms with Gasteiger partial charge in [0.2, 0.25) is 0 Å². The lowest BCUT2D eigenvalue weighted by Gasteiger charge is -2.15. The number of unbranched alkanes of at least 4 members (excludes halogenated alkanes) is 27. The minimum absolute atomic E-state index is 0.177. The molecule has 2 aromatic carbocycles. The molecule has 4 nitrogen and oxygen atoms in total. The summed E-state index contributed by atoms with van der Waals surface area (Å²) in [5.41, 5.74) is 2.92. The van der Waals surface area contributed by atoms with Crippen LogP contribution >= 0.6 is 0 Å². The number of aryl methyl sites for hydroxylation is 1. The van der Waals surface area contributed by atoms with Gasteiger partial charge in [0.05, 0.1) is 18.9 Å². The van der Waals surface area contributed by atoms with Crippen molar-refractivity contribution in [2.75, 3.05) is 13.2 Å². The molecule has 0 radical (unpaired) electrons. The first-order valence-corrected chi connectivity index (χ1v) is 22.9. The fraction of sp³-hybridized carbons (Fsp3) is 0.735. The van der Waals surface area contributed by atoms with Crippen molar-refractivity contribution in [2.24, 2.45) is 4.99 Å². The normalized spacial score (nSPS) is 11.5. The lowest BCUT2D eigenvalue weighted by atomic mass is 10.0. The molecule has 0 aliphatic rings. The number of aliphatic imine (C=N–C) groups is 1. The van der Waals surface area contributed by atoms with Crippen LogP contribution in [-0.4, -0.2) is 24.5 Å². The number of hydrogen-bond acceptors (Lipinski definition) is 4. The van der Waals surface area contributed by atoms with E-state index in [0.29, 0.717) is 30.3 Å². The topological polar surface area (TPSA) is 51.0 Å². The van der Waals surface area contributed by atoms with E-state index in [0.717, 1.165) is 24.9 Å². The standard InChI is InChI=1S/C49H83NO3/c1-4-7-10-13-16-19-22-25-28-31-34-44-35-37-46(38-36-44)50-43-45-41-48(52-39-32-29-26-23-20-17-14-11-8-5-2)49(42-47(45)51)53-40-33-30-27-24-21-18-15-12-9-6-3/h35-38,41-43,51H,4-34,39-40H2,1-3H3. The van der Waals surface area contributed by atoms with Crippen LogP contribution in [0.5, 0.6) is 17.2 Å². The fourth-order valence-corrected chi connectivity index (χ4v) is 7.15. The van der Waals surface area contributed by atoms with Crippen LogP contribution in [0.25, 0.3) is 0 Å². The van der Waals surface area contributed by atoms with Crippen LogP contribution in [0.1, 0.15) is 225 Å². The third-order valence-corrected chi connectivity index (χ3v) is 10.7. The lowest BCUT2D eigenvalue weighted by molar-refractivity contribution is 0.257. The average molecular weight is 734 g/mol. The van der Waals surface area contributed by atoms with Crippen molar-refractivity contribution >= 4 is 11.9 Å². The molecule has 2 aromatic rings. The minimum atomic E-state index is 0.177. The molecule has 0 spiro atoms. The molecule has 0 saturated heterocycles. The number of hydrogen-bond donors (Lipinski definition) is 1. The summed E-state index contributed by atoms with van der Waals surface area (Å²) in [5, 5.41) is 11.0. The molecule has 0 amide bonds. The third-order valence-electron chi connectivity index (χ3n) is 10.7. The van der Waals surface area contributed by atoms with Crippen molar-refractivity contribution in [1.29, 1.82) is 0 Å². The Morgan fingerprint density at radius 2 is 0.811 bits per heavy atom. The highest BCUT2D eigenvalue weighted by atomic mass is 16.5. The summed E-state index contributed by atoms with van der Waals surface area (Å²) >= 11 is 0. The van der Waals surface area contributed by atoms with Gasteiger partial charge in [-0.25, -0.2) is 0 Å². The largest absolute Gasteiger partial charge is 0.507 e. The van der Waals surface area contributed by atoms with Crippen molar-refractivity contribution in [3.63, 3.8) is 0 Å². The van der Waals surface area contributed by atoms with Crippen molar-refractivity contribution < 1.29 is 14.6 Å². The molecule has 0 aliphatic carbocycles. The molecule has 302 valence electrons. The number of aromatic hydroxyl groups is 1. The molecule has 0 aromatic heterocycles. The Kier molecular flexibility index (Phi) is 30.0. The van der Waals surface area contributed by atoms with Crippen LogP contribution in [0.2, 0.25) is 0 Å². The van der Waals surface area contributed by atoms with Crippen LogP contribution in [0.3, 0.4) is 0 Å². The number of nitrogens with zero attached hydrogens (tertiary/aromatic N) is 1. The lowest BCUT2D eigenvalue weighted by Crippen LogP contribution is -2.04. The minimum Gasteiger partial charge on any atom is -0.507 e. The molecule has 0 aliphatic heterocycles. The van der Waals surface area contributed by atoms with Crippen LogP contribution in [0.4, 0.5) is 5.69 Å². The van der Waals surface area contributed by atoms with E-state index < -0.39 is 0 Å². The van der Waals surface area contributed by atoms with Gasteiger partial charge in [0.15, 0.2) is 11.5 Å². The summed E-state index contributed by atoms with van der Waals surface area (Å²) in [6, 6.07) is 12.2. The van der Waals surface area contributed by atoms with Gasteiger partial charge in [-0.1, -0.05) is 206 Å². The third kappa shape index (κ3) is 25.3. The maximum absolute atomic E-state index is 11.0. The van der Waals surface area contributed by atoms with Crippen molar-refractivity contribution in [1.82, 2.24) is 0 Å². The molecular formula is C49H83NO3. The highest BCUT2D eigenvalue weighted by Crippen LogP contribution is 2.35. The summed E-state index contributed by atoms with van der Waals surface area (Å²) in [6.07, 6.45) is 42.5. The molecule has 0 heterocycles. The Morgan fingerprint density at radius 1 is 0.453 bits per heavy atom. The Morgan fingerprint density at radius 3 is 1.23 bits per heavy atom. The monoisotopic (exact) mass is 734 g/mol. The van der Waals surface area contributed by atoms with E-state index in [1.165, 1.54) is 185 Å². The maximum atomic E-state index is 11.0. The Bertz CT molecular complexity index is 1130. The van der Waals surface area contributed by atoms with Crippen LogP contribution in [0, 0.1) is 0 Å². The first kappa shape index (κ1) is 46.7. The molecule has 1 N–H and O–H groups in total.